The summed E-state index contributed by atoms with van der Waals surface area (Å²) in [6.45, 7) is 7.20. The lowest BCUT2D eigenvalue weighted by molar-refractivity contribution is -0.134. The molecule has 0 spiro atoms. The predicted molar refractivity (Wildman–Crippen MR) is 116 cm³/mol. The Labute approximate surface area is 173 Å². The van der Waals surface area contributed by atoms with Gasteiger partial charge in [-0.2, -0.15) is 0 Å². The number of piperazine rings is 1. The zero-order chi connectivity index (χ0) is 20.6. The van der Waals surface area contributed by atoms with Crippen LogP contribution in [-0.4, -0.2) is 60.4 Å². The van der Waals surface area contributed by atoms with E-state index in [2.05, 4.69) is 17.1 Å². The highest BCUT2D eigenvalue weighted by Crippen LogP contribution is 2.27. The Bertz CT molecular complexity index is 747. The number of nitrogens with one attached hydrogen (secondary N) is 1. The van der Waals surface area contributed by atoms with Crippen LogP contribution in [-0.2, 0) is 9.59 Å². The van der Waals surface area contributed by atoms with E-state index in [-0.39, 0.29) is 23.8 Å². The molecule has 1 N–H and O–H groups in total. The lowest BCUT2D eigenvalue weighted by Gasteiger charge is -2.36. The normalized spacial score (nSPS) is 15.9. The third-order valence-corrected chi connectivity index (χ3v) is 5.58. The number of benzene rings is 2. The molecule has 0 aromatic heterocycles. The molecular formula is C24H31N3O2. The molecule has 2 aromatic carbocycles. The Morgan fingerprint density at radius 2 is 1.41 bits per heavy atom. The van der Waals surface area contributed by atoms with Crippen LogP contribution in [0.15, 0.2) is 60.7 Å². The average Bonchev–Trinajstić information content (AvgIpc) is 2.75. The van der Waals surface area contributed by atoms with Crippen LogP contribution in [0.3, 0.4) is 0 Å². The maximum atomic E-state index is 13.4. The van der Waals surface area contributed by atoms with E-state index in [0.717, 1.165) is 30.6 Å². The Balaban J connectivity index is 1.64. The highest BCUT2D eigenvalue weighted by molar-refractivity contribution is 5.87. The molecule has 0 saturated carbocycles. The summed E-state index contributed by atoms with van der Waals surface area (Å²) < 4.78 is 0. The van der Waals surface area contributed by atoms with Crippen LogP contribution in [0.4, 0.5) is 0 Å². The van der Waals surface area contributed by atoms with E-state index in [9.17, 15) is 9.59 Å². The van der Waals surface area contributed by atoms with Crippen molar-refractivity contribution in [3.05, 3.63) is 71.8 Å². The van der Waals surface area contributed by atoms with E-state index >= 15 is 0 Å². The number of rotatable bonds is 7. The van der Waals surface area contributed by atoms with Crippen molar-refractivity contribution in [3.8, 4) is 0 Å². The van der Waals surface area contributed by atoms with Gasteiger partial charge in [-0.3, -0.25) is 14.5 Å². The Morgan fingerprint density at radius 3 is 1.90 bits per heavy atom. The molecule has 5 nitrogen and oxygen atoms in total. The van der Waals surface area contributed by atoms with E-state index in [1.165, 1.54) is 0 Å². The van der Waals surface area contributed by atoms with Gasteiger partial charge in [-0.1, -0.05) is 67.6 Å². The quantitative estimate of drug-likeness (QED) is 0.787. The molecule has 1 aliphatic heterocycles. The van der Waals surface area contributed by atoms with E-state index in [4.69, 9.17) is 0 Å². The van der Waals surface area contributed by atoms with Crippen LogP contribution in [0, 0.1) is 0 Å². The minimum Gasteiger partial charge on any atom is -0.353 e. The van der Waals surface area contributed by atoms with Crippen molar-refractivity contribution in [2.24, 2.45) is 0 Å². The van der Waals surface area contributed by atoms with Crippen molar-refractivity contribution in [1.29, 1.82) is 0 Å². The molecule has 2 amide bonds. The topological polar surface area (TPSA) is 52.7 Å². The molecule has 1 heterocycles. The number of hydrogen-bond donors (Lipinski definition) is 1. The number of nitrogens with zero attached hydrogens (tertiary/aromatic N) is 2. The minimum atomic E-state index is -0.294. The van der Waals surface area contributed by atoms with Crippen LogP contribution in [0.5, 0.6) is 0 Å². The maximum absolute atomic E-state index is 13.4. The number of carbonyl (C=O) groups is 2. The molecule has 1 unspecified atom stereocenters. The summed E-state index contributed by atoms with van der Waals surface area (Å²) in [5, 5.41) is 3.01. The van der Waals surface area contributed by atoms with Gasteiger partial charge in [0.15, 0.2) is 0 Å². The third kappa shape index (κ3) is 5.67. The highest BCUT2D eigenvalue weighted by Gasteiger charge is 2.30. The fourth-order valence-corrected chi connectivity index (χ4v) is 3.70. The summed E-state index contributed by atoms with van der Waals surface area (Å²) in [5.74, 6) is -0.102. The lowest BCUT2D eigenvalue weighted by atomic mass is 9.90. The van der Waals surface area contributed by atoms with Crippen LogP contribution < -0.4 is 5.32 Å². The average molecular weight is 394 g/mol. The summed E-state index contributed by atoms with van der Waals surface area (Å²) >= 11 is 0. The van der Waals surface area contributed by atoms with E-state index in [0.29, 0.717) is 19.6 Å². The second kappa shape index (κ2) is 10.2. The van der Waals surface area contributed by atoms with Gasteiger partial charge in [-0.25, -0.2) is 0 Å². The second-order valence-corrected chi connectivity index (χ2v) is 7.73. The fourth-order valence-electron chi connectivity index (χ4n) is 3.70. The van der Waals surface area contributed by atoms with Crippen LogP contribution in [0.25, 0.3) is 0 Å². The second-order valence-electron chi connectivity index (χ2n) is 7.73. The van der Waals surface area contributed by atoms with Gasteiger partial charge in [0.2, 0.25) is 11.8 Å². The Morgan fingerprint density at radius 1 is 0.897 bits per heavy atom. The van der Waals surface area contributed by atoms with Gasteiger partial charge in [0.1, 0.15) is 0 Å². The van der Waals surface area contributed by atoms with E-state index < -0.39 is 0 Å². The van der Waals surface area contributed by atoms with Gasteiger partial charge in [0.05, 0.1) is 12.5 Å². The smallest absolute Gasteiger partial charge is 0.234 e. The highest BCUT2D eigenvalue weighted by atomic mass is 16.2. The van der Waals surface area contributed by atoms with Gasteiger partial charge in [0.25, 0.3) is 0 Å². The Kier molecular flexibility index (Phi) is 7.42. The largest absolute Gasteiger partial charge is 0.353 e. The summed E-state index contributed by atoms with van der Waals surface area (Å²) in [6, 6.07) is 20.1. The molecular weight excluding hydrogens is 362 g/mol. The fraction of sp³-hybridized carbons (Fsp3) is 0.417. The van der Waals surface area contributed by atoms with Crippen molar-refractivity contribution in [1.82, 2.24) is 15.1 Å². The molecule has 1 atom stereocenters. The predicted octanol–water partition coefficient (Wildman–Crippen LogP) is 2.88. The van der Waals surface area contributed by atoms with E-state index in [1.807, 2.05) is 72.5 Å². The van der Waals surface area contributed by atoms with Gasteiger partial charge < -0.3 is 10.2 Å². The molecule has 2 aromatic rings. The first-order valence-corrected chi connectivity index (χ1v) is 10.5. The minimum absolute atomic E-state index is 0.0607. The third-order valence-electron chi connectivity index (χ3n) is 5.58. The molecule has 5 heteroatoms. The monoisotopic (exact) mass is 393 g/mol. The van der Waals surface area contributed by atoms with Crippen molar-refractivity contribution in [3.63, 3.8) is 0 Å². The molecule has 154 valence electrons. The van der Waals surface area contributed by atoms with Gasteiger partial charge in [-0.05, 0) is 24.5 Å². The number of carbonyl (C=O) groups excluding carboxylic acids is 2. The molecule has 1 aliphatic rings. The maximum Gasteiger partial charge on any atom is 0.234 e. The van der Waals surface area contributed by atoms with Crippen LogP contribution >= 0.6 is 0 Å². The summed E-state index contributed by atoms with van der Waals surface area (Å²) in [5.41, 5.74) is 2.03. The first-order valence-electron chi connectivity index (χ1n) is 10.5. The molecule has 1 saturated heterocycles. The molecule has 0 radical (unpaired) electrons. The molecule has 29 heavy (non-hydrogen) atoms. The molecule has 1 fully saturated rings. The SMILES string of the molecule is CCC(C)NC(=O)CN1CCN(C(=O)C(c2ccccc2)c2ccccc2)CC1. The van der Waals surface area contributed by atoms with Crippen LogP contribution in [0.1, 0.15) is 37.3 Å². The summed E-state index contributed by atoms with van der Waals surface area (Å²) in [4.78, 5) is 29.6. The molecule has 3 rings (SSSR count). The molecule has 0 bridgehead atoms. The summed E-state index contributed by atoms with van der Waals surface area (Å²) in [6.07, 6.45) is 0.925. The van der Waals surface area contributed by atoms with Crippen molar-refractivity contribution in [2.45, 2.75) is 32.2 Å². The zero-order valence-corrected chi connectivity index (χ0v) is 17.4. The Hall–Kier alpha value is -2.66. The standard InChI is InChI=1S/C24H31N3O2/c1-3-19(2)25-22(28)18-26-14-16-27(17-15-26)24(29)23(20-10-6-4-7-11-20)21-12-8-5-9-13-21/h4-13,19,23H,3,14-18H2,1-2H3,(H,25,28). The lowest BCUT2D eigenvalue weighted by Crippen LogP contribution is -2.52. The van der Waals surface area contributed by atoms with E-state index in [1.54, 1.807) is 0 Å². The van der Waals surface area contributed by atoms with Crippen molar-refractivity contribution >= 4 is 11.8 Å². The van der Waals surface area contributed by atoms with Gasteiger partial charge in [-0.15, -0.1) is 0 Å². The van der Waals surface area contributed by atoms with Crippen LogP contribution in [0.2, 0.25) is 0 Å². The van der Waals surface area contributed by atoms with Crippen molar-refractivity contribution < 1.29 is 9.59 Å². The summed E-state index contributed by atoms with van der Waals surface area (Å²) in [7, 11) is 0. The first-order chi connectivity index (χ1) is 14.1. The van der Waals surface area contributed by atoms with Gasteiger partial charge >= 0.3 is 0 Å². The first kappa shape index (κ1) is 21.1. The molecule has 0 aliphatic carbocycles. The number of amides is 2. The van der Waals surface area contributed by atoms with Crippen molar-refractivity contribution in [2.75, 3.05) is 32.7 Å². The number of hydrogen-bond acceptors (Lipinski definition) is 3. The van der Waals surface area contributed by atoms with Gasteiger partial charge in [0, 0.05) is 32.2 Å². The zero-order valence-electron chi connectivity index (χ0n) is 17.4.